The second kappa shape index (κ2) is 61.4. The molecular formula is C65H124NO8P. The van der Waals surface area contributed by atoms with E-state index in [4.69, 9.17) is 24.3 Å². The highest BCUT2D eigenvalue weighted by molar-refractivity contribution is 7.47. The van der Waals surface area contributed by atoms with E-state index in [1.54, 1.807) is 0 Å². The Morgan fingerprint density at radius 1 is 0.400 bits per heavy atom. The van der Waals surface area contributed by atoms with Gasteiger partial charge in [-0.2, -0.15) is 0 Å². The zero-order valence-electron chi connectivity index (χ0n) is 49.6. The van der Waals surface area contributed by atoms with Gasteiger partial charge in [-0.05, 0) is 51.4 Å². The lowest BCUT2D eigenvalue weighted by Crippen LogP contribution is -2.29. The van der Waals surface area contributed by atoms with Crippen LogP contribution >= 0.6 is 7.82 Å². The summed E-state index contributed by atoms with van der Waals surface area (Å²) >= 11 is 0. The van der Waals surface area contributed by atoms with Gasteiger partial charge in [0.25, 0.3) is 0 Å². The van der Waals surface area contributed by atoms with E-state index in [1.807, 2.05) is 0 Å². The first-order chi connectivity index (χ1) is 36.8. The average Bonchev–Trinajstić information content (AvgIpc) is 3.40. The van der Waals surface area contributed by atoms with E-state index in [9.17, 15) is 19.0 Å². The summed E-state index contributed by atoms with van der Waals surface area (Å²) < 4.78 is 33.1. The zero-order chi connectivity index (χ0) is 54.5. The van der Waals surface area contributed by atoms with Gasteiger partial charge in [-0.3, -0.25) is 18.6 Å². The van der Waals surface area contributed by atoms with Crippen LogP contribution in [0.25, 0.3) is 0 Å². The molecule has 0 aromatic heterocycles. The third-order valence-corrected chi connectivity index (χ3v) is 15.5. The number of rotatable bonds is 62. The van der Waals surface area contributed by atoms with Crippen molar-refractivity contribution in [1.29, 1.82) is 0 Å². The van der Waals surface area contributed by atoms with Crippen molar-refractivity contribution < 1.29 is 37.6 Å². The van der Waals surface area contributed by atoms with Crippen molar-refractivity contribution in [2.75, 3.05) is 26.4 Å². The van der Waals surface area contributed by atoms with E-state index in [-0.39, 0.29) is 38.6 Å². The lowest BCUT2D eigenvalue weighted by molar-refractivity contribution is -0.161. The second-order valence-corrected chi connectivity index (χ2v) is 23.4. The van der Waals surface area contributed by atoms with Crippen LogP contribution in [0.5, 0.6) is 0 Å². The highest BCUT2D eigenvalue weighted by Gasteiger charge is 2.26. The maximum absolute atomic E-state index is 12.7. The molecule has 0 fully saturated rings. The van der Waals surface area contributed by atoms with Gasteiger partial charge in [0.15, 0.2) is 6.10 Å². The molecule has 0 aliphatic heterocycles. The molecule has 75 heavy (non-hydrogen) atoms. The monoisotopic (exact) mass is 1080 g/mol. The Hall–Kier alpha value is -1.77. The largest absolute Gasteiger partial charge is 0.472 e. The van der Waals surface area contributed by atoms with Crippen LogP contribution in [0.4, 0.5) is 0 Å². The van der Waals surface area contributed by atoms with E-state index in [0.29, 0.717) is 6.42 Å². The molecule has 0 radical (unpaired) electrons. The summed E-state index contributed by atoms with van der Waals surface area (Å²) in [6.07, 6.45) is 75.2. The van der Waals surface area contributed by atoms with Crippen molar-refractivity contribution in [2.24, 2.45) is 5.73 Å². The fraction of sp³-hybridized carbons (Fsp3) is 0.877. The topological polar surface area (TPSA) is 134 Å². The van der Waals surface area contributed by atoms with E-state index in [0.717, 1.165) is 44.9 Å². The molecule has 9 nitrogen and oxygen atoms in total. The summed E-state index contributed by atoms with van der Waals surface area (Å²) in [5.74, 6) is -0.807. The third-order valence-electron chi connectivity index (χ3n) is 14.5. The summed E-state index contributed by atoms with van der Waals surface area (Å²) in [4.78, 5) is 35.2. The molecular weight excluding hydrogens is 954 g/mol. The molecule has 0 aliphatic carbocycles. The minimum Gasteiger partial charge on any atom is -0.462 e. The van der Waals surface area contributed by atoms with Crippen molar-refractivity contribution >= 4 is 19.8 Å². The van der Waals surface area contributed by atoms with E-state index >= 15 is 0 Å². The maximum atomic E-state index is 12.7. The molecule has 0 aromatic rings. The Balaban J connectivity index is 3.79. The van der Waals surface area contributed by atoms with E-state index in [2.05, 4.69) is 50.3 Å². The molecule has 0 spiro atoms. The quantitative estimate of drug-likeness (QED) is 0.0264. The first kappa shape index (κ1) is 73.2. The highest BCUT2D eigenvalue weighted by Crippen LogP contribution is 2.43. The summed E-state index contributed by atoms with van der Waals surface area (Å²) in [5.41, 5.74) is 5.39. The summed E-state index contributed by atoms with van der Waals surface area (Å²) in [6.45, 7) is 3.79. The van der Waals surface area contributed by atoms with Gasteiger partial charge < -0.3 is 20.1 Å². The van der Waals surface area contributed by atoms with Crippen molar-refractivity contribution in [3.8, 4) is 0 Å². The zero-order valence-corrected chi connectivity index (χ0v) is 50.4. The van der Waals surface area contributed by atoms with E-state index in [1.165, 1.54) is 257 Å². The van der Waals surface area contributed by atoms with Crippen molar-refractivity contribution in [3.05, 3.63) is 36.5 Å². The number of hydrogen-bond acceptors (Lipinski definition) is 8. The molecule has 442 valence electrons. The van der Waals surface area contributed by atoms with Crippen LogP contribution in [0.15, 0.2) is 36.5 Å². The number of phosphoric ester groups is 1. The van der Waals surface area contributed by atoms with Gasteiger partial charge in [-0.1, -0.05) is 307 Å². The standard InChI is InChI=1S/C65H124NO8P/c1-3-5-7-9-11-13-15-17-19-21-22-23-24-25-26-27-28-29-30-31-32-33-34-35-36-37-38-39-40-42-44-46-48-50-52-54-56-58-65(68)74-63(62-73-75(69,70)72-60-59-66)61-71-64(67)57-55-53-51-49-47-45-43-41-20-18-16-14-12-10-8-6-4-2/h15,17,21-22,24-25,63H,3-14,16,18-20,23,26-62,66H2,1-2H3,(H,69,70)/b17-15-,22-21-,25-24-. The number of ether oxygens (including phenoxy) is 2. The molecule has 2 unspecified atom stereocenters. The minimum absolute atomic E-state index is 0.0565. The molecule has 0 aromatic carbocycles. The highest BCUT2D eigenvalue weighted by atomic mass is 31.2. The number of carbonyl (C=O) groups is 2. The van der Waals surface area contributed by atoms with Crippen LogP contribution in [0.3, 0.4) is 0 Å². The summed E-state index contributed by atoms with van der Waals surface area (Å²) in [5, 5.41) is 0. The number of allylic oxidation sites excluding steroid dienone is 6. The fourth-order valence-corrected chi connectivity index (χ4v) is 10.5. The predicted molar refractivity (Wildman–Crippen MR) is 321 cm³/mol. The molecule has 10 heteroatoms. The average molecular weight is 1080 g/mol. The number of nitrogens with two attached hydrogens (primary N) is 1. The van der Waals surface area contributed by atoms with Crippen LogP contribution < -0.4 is 5.73 Å². The summed E-state index contributed by atoms with van der Waals surface area (Å²) in [6, 6.07) is 0. The minimum atomic E-state index is -4.38. The first-order valence-electron chi connectivity index (χ1n) is 32.5. The number of esters is 2. The molecule has 0 bridgehead atoms. The van der Waals surface area contributed by atoms with Gasteiger partial charge in [0.2, 0.25) is 0 Å². The summed E-state index contributed by atoms with van der Waals surface area (Å²) in [7, 11) is -4.38. The van der Waals surface area contributed by atoms with Crippen molar-refractivity contribution in [2.45, 2.75) is 341 Å². The smallest absolute Gasteiger partial charge is 0.462 e. The van der Waals surface area contributed by atoms with Crippen LogP contribution in [0, 0.1) is 0 Å². The maximum Gasteiger partial charge on any atom is 0.472 e. The van der Waals surface area contributed by atoms with Gasteiger partial charge in [-0.25, -0.2) is 4.57 Å². The number of phosphoric acid groups is 1. The van der Waals surface area contributed by atoms with Crippen LogP contribution in [0.1, 0.15) is 335 Å². The van der Waals surface area contributed by atoms with Crippen LogP contribution in [-0.4, -0.2) is 49.3 Å². The molecule has 0 heterocycles. The van der Waals surface area contributed by atoms with E-state index < -0.39 is 26.5 Å². The molecule has 0 saturated carbocycles. The number of hydrogen-bond donors (Lipinski definition) is 2. The van der Waals surface area contributed by atoms with Gasteiger partial charge in [0, 0.05) is 19.4 Å². The van der Waals surface area contributed by atoms with Gasteiger partial charge in [-0.15, -0.1) is 0 Å². The Labute approximate surface area is 464 Å². The Morgan fingerprint density at radius 3 is 1.03 bits per heavy atom. The second-order valence-electron chi connectivity index (χ2n) is 22.0. The normalized spacial score (nSPS) is 13.2. The first-order valence-corrected chi connectivity index (χ1v) is 34.0. The fourth-order valence-electron chi connectivity index (χ4n) is 9.71. The van der Waals surface area contributed by atoms with Crippen LogP contribution in [0.2, 0.25) is 0 Å². The molecule has 2 atom stereocenters. The van der Waals surface area contributed by atoms with Gasteiger partial charge in [0.1, 0.15) is 6.61 Å². The molecule has 0 amide bonds. The number of unbranched alkanes of at least 4 members (excludes halogenated alkanes) is 43. The Morgan fingerprint density at radius 2 is 0.693 bits per heavy atom. The van der Waals surface area contributed by atoms with Gasteiger partial charge >= 0.3 is 19.8 Å². The molecule has 3 N–H and O–H groups in total. The molecule has 0 rings (SSSR count). The molecule has 0 aliphatic rings. The molecule has 0 saturated heterocycles. The van der Waals surface area contributed by atoms with Gasteiger partial charge in [0.05, 0.1) is 13.2 Å². The van der Waals surface area contributed by atoms with Crippen molar-refractivity contribution in [1.82, 2.24) is 0 Å². The number of carbonyl (C=O) groups excluding carboxylic acids is 2. The SMILES string of the molecule is CCCCCCC/C=C\C/C=C\C/C=C\CCCCCCCCCCCCCCCCCCCCCCCCC(=O)OC(COC(=O)CCCCCCCCCCCCCCCCCCC)COP(=O)(O)OCCN. The lowest BCUT2D eigenvalue weighted by atomic mass is 10.0. The predicted octanol–water partition coefficient (Wildman–Crippen LogP) is 20.7. The lowest BCUT2D eigenvalue weighted by Gasteiger charge is -2.19. The Bertz CT molecular complexity index is 1320. The third kappa shape index (κ3) is 61.3. The Kier molecular flexibility index (Phi) is 60.0. The van der Waals surface area contributed by atoms with Crippen molar-refractivity contribution in [3.63, 3.8) is 0 Å². The van der Waals surface area contributed by atoms with Crippen LogP contribution in [-0.2, 0) is 32.7 Å².